The van der Waals surface area contributed by atoms with E-state index in [1.807, 2.05) is 32.9 Å². The van der Waals surface area contributed by atoms with Crippen LogP contribution in [0.25, 0.3) is 0 Å². The minimum absolute atomic E-state index is 0.0303. The van der Waals surface area contributed by atoms with Crippen LogP contribution >= 0.6 is 0 Å². The maximum Gasteiger partial charge on any atom is 0.315 e. The number of carbonyl (C=O) groups excluding carboxylic acids is 5. The molecule has 0 radical (unpaired) electrons. The van der Waals surface area contributed by atoms with Crippen molar-refractivity contribution in [2.45, 2.75) is 104 Å². The molecule has 8 nitrogen and oxygen atoms in total. The van der Waals surface area contributed by atoms with Gasteiger partial charge in [0.2, 0.25) is 11.7 Å². The molecule has 0 spiro atoms. The number of benzene rings is 1. The minimum Gasteiger partial charge on any atom is -0.334 e. The lowest BCUT2D eigenvalue weighted by molar-refractivity contribution is -0.144. The summed E-state index contributed by atoms with van der Waals surface area (Å²) in [7, 11) is 0. The molecule has 1 saturated heterocycles. The van der Waals surface area contributed by atoms with Crippen molar-refractivity contribution in [3.05, 3.63) is 60.7 Å². The van der Waals surface area contributed by atoms with Crippen molar-refractivity contribution in [1.82, 2.24) is 15.5 Å². The van der Waals surface area contributed by atoms with Crippen molar-refractivity contribution < 1.29 is 24.0 Å². The second-order valence-electron chi connectivity index (χ2n) is 14.9. The Morgan fingerprint density at radius 1 is 1.02 bits per heavy atom. The van der Waals surface area contributed by atoms with Crippen LogP contribution in [0.4, 0.5) is 4.79 Å². The quantitative estimate of drug-likeness (QED) is 0.156. The summed E-state index contributed by atoms with van der Waals surface area (Å²) in [5.74, 6) is -2.20. The lowest BCUT2D eigenvalue weighted by Gasteiger charge is -2.35. The molecule has 1 aliphatic heterocycles. The molecule has 1 unspecified atom stereocenters. The molecule has 3 aliphatic rings. The molecule has 1 heterocycles. The van der Waals surface area contributed by atoms with Crippen LogP contribution in [0.5, 0.6) is 0 Å². The third-order valence-electron chi connectivity index (χ3n) is 10.0. The number of rotatable bonds is 15. The van der Waals surface area contributed by atoms with E-state index in [-0.39, 0.29) is 47.7 Å². The lowest BCUT2D eigenvalue weighted by atomic mass is 9.85. The van der Waals surface area contributed by atoms with Gasteiger partial charge in [-0.15, -0.1) is 13.2 Å². The van der Waals surface area contributed by atoms with Crippen molar-refractivity contribution in [3.8, 4) is 0 Å². The molecule has 1 aromatic carbocycles. The van der Waals surface area contributed by atoms with Gasteiger partial charge in [0.1, 0.15) is 6.04 Å². The van der Waals surface area contributed by atoms with E-state index >= 15 is 0 Å². The minimum atomic E-state index is -0.819. The first-order chi connectivity index (χ1) is 21.2. The highest BCUT2D eigenvalue weighted by atomic mass is 16.2. The number of urea groups is 1. The van der Waals surface area contributed by atoms with Gasteiger partial charge < -0.3 is 15.5 Å². The lowest BCUT2D eigenvalue weighted by Crippen LogP contribution is -2.59. The smallest absolute Gasteiger partial charge is 0.315 e. The molecule has 244 valence electrons. The average Bonchev–Trinajstić information content (AvgIpc) is 3.34. The van der Waals surface area contributed by atoms with E-state index < -0.39 is 41.1 Å². The molecule has 4 rings (SSSR count). The Morgan fingerprint density at radius 3 is 2.22 bits per heavy atom. The summed E-state index contributed by atoms with van der Waals surface area (Å²) in [5, 5.41) is 5.91. The Hall–Kier alpha value is -3.55. The summed E-state index contributed by atoms with van der Waals surface area (Å²) in [6.07, 6.45) is 6.80. The van der Waals surface area contributed by atoms with Crippen LogP contribution in [-0.4, -0.2) is 58.4 Å². The maximum absolute atomic E-state index is 14.5. The Kier molecular flexibility index (Phi) is 10.6. The molecular weight excluding hydrogens is 566 g/mol. The summed E-state index contributed by atoms with van der Waals surface area (Å²) in [4.78, 5) is 69.5. The van der Waals surface area contributed by atoms with Crippen molar-refractivity contribution in [3.63, 3.8) is 0 Å². The van der Waals surface area contributed by atoms with Gasteiger partial charge in [-0.2, -0.15) is 0 Å². The van der Waals surface area contributed by atoms with Gasteiger partial charge in [0.05, 0.1) is 6.04 Å². The van der Waals surface area contributed by atoms with Crippen LogP contribution in [0, 0.1) is 29.1 Å². The highest BCUT2D eigenvalue weighted by Gasteiger charge is 2.69. The number of nitrogens with zero attached hydrogens (tertiary/aromatic N) is 1. The highest BCUT2D eigenvalue weighted by Crippen LogP contribution is 2.65. The van der Waals surface area contributed by atoms with Crippen LogP contribution in [-0.2, 0) is 32.0 Å². The molecule has 2 aliphatic carbocycles. The van der Waals surface area contributed by atoms with E-state index in [1.165, 1.54) is 0 Å². The fourth-order valence-electron chi connectivity index (χ4n) is 7.56. The maximum atomic E-state index is 14.5. The number of ketones is 3. The van der Waals surface area contributed by atoms with Crippen LogP contribution in [0.2, 0.25) is 0 Å². The number of allylic oxidation sites excluding steroid dienone is 2. The van der Waals surface area contributed by atoms with Gasteiger partial charge in [-0.05, 0) is 93.6 Å². The molecule has 2 fully saturated rings. The predicted octanol–water partition coefficient (Wildman–Crippen LogP) is 5.39. The zero-order valence-electron chi connectivity index (χ0n) is 27.7. The second kappa shape index (κ2) is 13.8. The fourth-order valence-corrected chi connectivity index (χ4v) is 7.56. The first kappa shape index (κ1) is 34.3. The van der Waals surface area contributed by atoms with E-state index in [1.54, 1.807) is 17.1 Å². The fraction of sp³-hybridized carbons (Fsp3) is 0.595. The SMILES string of the molecule is C=CCCCC(=O)C(=O)C(CCC=C)CC(=O)[C@@H]1[C@@H]2[C@H](CN1C(=O)[C@@H](NC(=O)NC(C)(C)C)C1Cc3ccccc3C1)C2(C)C. The summed E-state index contributed by atoms with van der Waals surface area (Å²) in [5.41, 5.74) is 1.72. The molecule has 1 aromatic rings. The standard InChI is InChI=1S/C37H51N3O5/c1-8-10-12-18-28(41)33(43)25(15-11-9-2)21-29(42)32-30-27(37(30,6)7)22-40(32)34(44)31(38-35(45)39-36(3,4)5)26-19-23-16-13-14-17-24(23)20-26/h8-9,13-14,16-17,25-27,30-32H,1-2,10-12,15,18-22H2,3-7H3,(H2,38,39,45)/t25?,27-,30-,31-,32+/m0/s1. The number of likely N-dealkylation sites (tertiary alicyclic amines) is 1. The van der Waals surface area contributed by atoms with Crippen LogP contribution in [0.3, 0.4) is 0 Å². The third-order valence-corrected chi connectivity index (χ3v) is 10.0. The number of hydrogen-bond acceptors (Lipinski definition) is 5. The van der Waals surface area contributed by atoms with Crippen LogP contribution in [0.15, 0.2) is 49.6 Å². The molecule has 3 amide bonds. The Balaban J connectivity index is 1.58. The topological polar surface area (TPSA) is 113 Å². The van der Waals surface area contributed by atoms with Crippen LogP contribution < -0.4 is 10.6 Å². The summed E-state index contributed by atoms with van der Waals surface area (Å²) in [6.45, 7) is 17.7. The van der Waals surface area contributed by atoms with Gasteiger partial charge in [-0.25, -0.2) is 4.79 Å². The number of nitrogens with one attached hydrogen (secondary N) is 2. The second-order valence-corrected chi connectivity index (χ2v) is 14.9. The molecule has 5 atom stereocenters. The van der Waals surface area contributed by atoms with Gasteiger partial charge in [0, 0.05) is 30.8 Å². The number of fused-ring (bicyclic) bond motifs is 2. The van der Waals surface area contributed by atoms with Crippen molar-refractivity contribution in [2.75, 3.05) is 6.54 Å². The van der Waals surface area contributed by atoms with E-state index in [2.05, 4.69) is 49.8 Å². The first-order valence-corrected chi connectivity index (χ1v) is 16.5. The van der Waals surface area contributed by atoms with Gasteiger partial charge in [-0.3, -0.25) is 19.2 Å². The number of amides is 3. The van der Waals surface area contributed by atoms with Crippen molar-refractivity contribution in [1.29, 1.82) is 0 Å². The normalized spacial score (nSPS) is 22.9. The van der Waals surface area contributed by atoms with E-state index in [4.69, 9.17) is 0 Å². The van der Waals surface area contributed by atoms with E-state index in [9.17, 15) is 24.0 Å². The predicted molar refractivity (Wildman–Crippen MR) is 175 cm³/mol. The first-order valence-electron chi connectivity index (χ1n) is 16.5. The Bertz CT molecular complexity index is 1320. The molecule has 1 saturated carbocycles. The van der Waals surface area contributed by atoms with Crippen molar-refractivity contribution >= 4 is 29.3 Å². The van der Waals surface area contributed by atoms with Gasteiger partial charge in [0.25, 0.3) is 0 Å². The number of piperidine rings is 1. The Morgan fingerprint density at radius 2 is 1.64 bits per heavy atom. The molecule has 0 aromatic heterocycles. The summed E-state index contributed by atoms with van der Waals surface area (Å²) < 4.78 is 0. The number of Topliss-reactive ketones (excluding diaryl/α,β-unsaturated/α-hetero) is 3. The molecule has 45 heavy (non-hydrogen) atoms. The Labute approximate surface area is 268 Å². The number of unbranched alkanes of at least 4 members (excludes halogenated alkanes) is 1. The highest BCUT2D eigenvalue weighted by molar-refractivity contribution is 6.38. The van der Waals surface area contributed by atoms with Gasteiger partial charge >= 0.3 is 6.03 Å². The third kappa shape index (κ3) is 7.82. The molecular formula is C37H51N3O5. The zero-order valence-corrected chi connectivity index (χ0v) is 27.7. The van der Waals surface area contributed by atoms with E-state index in [0.29, 0.717) is 45.1 Å². The largest absolute Gasteiger partial charge is 0.334 e. The molecule has 2 N–H and O–H groups in total. The number of carbonyl (C=O) groups is 5. The van der Waals surface area contributed by atoms with Crippen LogP contribution in [0.1, 0.15) is 84.3 Å². The van der Waals surface area contributed by atoms with Crippen molar-refractivity contribution in [2.24, 2.45) is 29.1 Å². The van der Waals surface area contributed by atoms with Gasteiger partial charge in [0.15, 0.2) is 11.6 Å². The summed E-state index contributed by atoms with van der Waals surface area (Å²) >= 11 is 0. The average molecular weight is 618 g/mol. The molecule has 0 bridgehead atoms. The zero-order chi connectivity index (χ0) is 33.1. The molecule has 8 heteroatoms. The summed E-state index contributed by atoms with van der Waals surface area (Å²) in [6, 6.07) is 6.14. The van der Waals surface area contributed by atoms with Gasteiger partial charge in [-0.1, -0.05) is 50.3 Å². The van der Waals surface area contributed by atoms with E-state index in [0.717, 1.165) is 11.1 Å². The monoisotopic (exact) mass is 617 g/mol. The number of hydrogen-bond donors (Lipinski definition) is 2.